The van der Waals surface area contributed by atoms with Crippen molar-refractivity contribution in [1.29, 1.82) is 0 Å². The molecule has 1 rings (SSSR count). The predicted octanol–water partition coefficient (Wildman–Crippen LogP) is 2.86. The Morgan fingerprint density at radius 1 is 1.42 bits per heavy atom. The van der Waals surface area contributed by atoms with Gasteiger partial charge < -0.3 is 4.90 Å². The Balaban J connectivity index is 2.86. The number of rotatable bonds is 3. The van der Waals surface area contributed by atoms with Crippen molar-refractivity contribution in [2.45, 2.75) is 11.8 Å². The summed E-state index contributed by atoms with van der Waals surface area (Å²) < 4.78 is 0. The number of benzene rings is 1. The Morgan fingerprint density at radius 3 is 2.75 bits per heavy atom. The Bertz CT molecular complexity index is 247. The molecule has 2 heteroatoms. The highest BCUT2D eigenvalue weighted by molar-refractivity contribution is 7.98. The fourth-order valence-electron chi connectivity index (χ4n) is 1.03. The van der Waals surface area contributed by atoms with E-state index in [9.17, 15) is 0 Å². The van der Waals surface area contributed by atoms with Gasteiger partial charge >= 0.3 is 0 Å². The lowest BCUT2D eigenvalue weighted by Gasteiger charge is -2.16. The maximum atomic E-state index is 2.24. The van der Waals surface area contributed by atoms with Crippen LogP contribution in [0.15, 0.2) is 29.2 Å². The van der Waals surface area contributed by atoms with E-state index in [1.165, 1.54) is 10.6 Å². The van der Waals surface area contributed by atoms with Gasteiger partial charge in [-0.25, -0.2) is 0 Å². The van der Waals surface area contributed by atoms with Crippen LogP contribution in [0.3, 0.4) is 0 Å². The highest BCUT2D eigenvalue weighted by Crippen LogP contribution is 2.20. The van der Waals surface area contributed by atoms with Crippen molar-refractivity contribution in [3.8, 4) is 0 Å². The summed E-state index contributed by atoms with van der Waals surface area (Å²) in [5.74, 6) is 0. The molecule has 0 N–H and O–H groups in total. The van der Waals surface area contributed by atoms with Crippen molar-refractivity contribution in [2.24, 2.45) is 0 Å². The summed E-state index contributed by atoms with van der Waals surface area (Å²) in [6.07, 6.45) is 2.10. The Kier molecular flexibility index (Phi) is 3.48. The van der Waals surface area contributed by atoms with Crippen LogP contribution in [0.5, 0.6) is 0 Å². The zero-order chi connectivity index (χ0) is 8.97. The van der Waals surface area contributed by atoms with Crippen LogP contribution in [0.25, 0.3) is 0 Å². The molecule has 1 aromatic rings. The van der Waals surface area contributed by atoms with Crippen molar-refractivity contribution >= 4 is 17.4 Å². The molecule has 0 aliphatic heterocycles. The van der Waals surface area contributed by atoms with E-state index in [4.69, 9.17) is 0 Å². The van der Waals surface area contributed by atoms with Crippen molar-refractivity contribution in [2.75, 3.05) is 24.7 Å². The standard InChI is InChI=1S/C10H15NS/c1-4-11(2)9-6-5-7-10(8-9)12-3/h5-8H,4H2,1-3H3. The molecule has 0 aliphatic carbocycles. The molecule has 0 spiro atoms. The van der Waals surface area contributed by atoms with E-state index >= 15 is 0 Å². The molecule has 66 valence electrons. The van der Waals surface area contributed by atoms with Crippen LogP contribution in [-0.4, -0.2) is 19.8 Å². The van der Waals surface area contributed by atoms with Crippen LogP contribution in [0.4, 0.5) is 5.69 Å². The second-order valence-corrected chi connectivity index (χ2v) is 3.60. The van der Waals surface area contributed by atoms with E-state index in [0.717, 1.165) is 6.54 Å². The minimum atomic E-state index is 1.05. The van der Waals surface area contributed by atoms with Gasteiger partial charge in [-0.3, -0.25) is 0 Å². The zero-order valence-corrected chi connectivity index (χ0v) is 8.69. The first kappa shape index (κ1) is 9.46. The second kappa shape index (κ2) is 4.41. The number of nitrogens with zero attached hydrogens (tertiary/aromatic N) is 1. The molecule has 1 aromatic carbocycles. The average Bonchev–Trinajstić information content (AvgIpc) is 2.17. The fourth-order valence-corrected chi connectivity index (χ4v) is 1.48. The molecular weight excluding hydrogens is 166 g/mol. The predicted molar refractivity (Wildman–Crippen MR) is 57.2 cm³/mol. The van der Waals surface area contributed by atoms with E-state index in [0.29, 0.717) is 0 Å². The summed E-state index contributed by atoms with van der Waals surface area (Å²) in [4.78, 5) is 3.56. The van der Waals surface area contributed by atoms with E-state index < -0.39 is 0 Å². The molecule has 12 heavy (non-hydrogen) atoms. The van der Waals surface area contributed by atoms with E-state index in [2.05, 4.69) is 49.4 Å². The van der Waals surface area contributed by atoms with Gasteiger partial charge in [0.05, 0.1) is 0 Å². The van der Waals surface area contributed by atoms with Gasteiger partial charge in [-0.15, -0.1) is 11.8 Å². The Hall–Kier alpha value is -0.630. The molecule has 0 fully saturated rings. The quantitative estimate of drug-likeness (QED) is 0.660. The van der Waals surface area contributed by atoms with Gasteiger partial charge in [0, 0.05) is 24.2 Å². The molecule has 0 radical (unpaired) electrons. The smallest absolute Gasteiger partial charge is 0.0374 e. The largest absolute Gasteiger partial charge is 0.375 e. The summed E-state index contributed by atoms with van der Waals surface area (Å²) in [6, 6.07) is 8.60. The molecule has 0 bridgehead atoms. The lowest BCUT2D eigenvalue weighted by atomic mass is 10.3. The van der Waals surface area contributed by atoms with Crippen LogP contribution >= 0.6 is 11.8 Å². The van der Waals surface area contributed by atoms with E-state index in [1.807, 2.05) is 0 Å². The van der Waals surface area contributed by atoms with Crippen LogP contribution in [0.1, 0.15) is 6.92 Å². The number of hydrogen-bond acceptors (Lipinski definition) is 2. The Labute approximate surface area is 78.8 Å². The van der Waals surface area contributed by atoms with Crippen molar-refractivity contribution in [3.63, 3.8) is 0 Å². The molecule has 0 saturated heterocycles. The summed E-state index contributed by atoms with van der Waals surface area (Å²) in [7, 11) is 2.11. The Morgan fingerprint density at radius 2 is 2.17 bits per heavy atom. The van der Waals surface area contributed by atoms with Gasteiger partial charge in [0.15, 0.2) is 0 Å². The van der Waals surface area contributed by atoms with Crippen LogP contribution in [0, 0.1) is 0 Å². The minimum Gasteiger partial charge on any atom is -0.375 e. The van der Waals surface area contributed by atoms with Gasteiger partial charge in [-0.05, 0) is 31.4 Å². The summed E-state index contributed by atoms with van der Waals surface area (Å²) in [5.41, 5.74) is 1.30. The first-order chi connectivity index (χ1) is 5.77. The molecule has 1 nitrogen and oxygen atoms in total. The number of hydrogen-bond donors (Lipinski definition) is 0. The SMILES string of the molecule is CCN(C)c1cccc(SC)c1. The fraction of sp³-hybridized carbons (Fsp3) is 0.400. The molecule has 0 aromatic heterocycles. The third-order valence-corrected chi connectivity index (χ3v) is 2.69. The van der Waals surface area contributed by atoms with Crippen molar-refractivity contribution in [3.05, 3.63) is 24.3 Å². The maximum Gasteiger partial charge on any atom is 0.0374 e. The van der Waals surface area contributed by atoms with Crippen LogP contribution in [-0.2, 0) is 0 Å². The highest BCUT2D eigenvalue weighted by Gasteiger charge is 1.97. The molecule has 0 heterocycles. The molecule has 0 unspecified atom stereocenters. The number of thioether (sulfide) groups is 1. The molecule has 0 amide bonds. The van der Waals surface area contributed by atoms with Crippen molar-refractivity contribution in [1.82, 2.24) is 0 Å². The van der Waals surface area contributed by atoms with Crippen molar-refractivity contribution < 1.29 is 0 Å². The third kappa shape index (κ3) is 2.18. The van der Waals surface area contributed by atoms with E-state index in [1.54, 1.807) is 11.8 Å². The lowest BCUT2D eigenvalue weighted by molar-refractivity contribution is 0.965. The van der Waals surface area contributed by atoms with Gasteiger partial charge in [0.1, 0.15) is 0 Å². The van der Waals surface area contributed by atoms with Gasteiger partial charge in [-0.1, -0.05) is 6.07 Å². The van der Waals surface area contributed by atoms with Crippen LogP contribution < -0.4 is 4.90 Å². The van der Waals surface area contributed by atoms with Gasteiger partial charge in [0.25, 0.3) is 0 Å². The zero-order valence-electron chi connectivity index (χ0n) is 7.87. The topological polar surface area (TPSA) is 3.24 Å². The average molecular weight is 181 g/mol. The molecule has 0 aliphatic rings. The van der Waals surface area contributed by atoms with Gasteiger partial charge in [-0.2, -0.15) is 0 Å². The number of anilines is 1. The maximum absolute atomic E-state index is 2.24. The summed E-state index contributed by atoms with van der Waals surface area (Å²) in [6.45, 7) is 3.21. The lowest BCUT2D eigenvalue weighted by Crippen LogP contribution is -2.15. The summed E-state index contributed by atoms with van der Waals surface area (Å²) in [5, 5.41) is 0. The van der Waals surface area contributed by atoms with Crippen LogP contribution in [0.2, 0.25) is 0 Å². The normalized spacial score (nSPS) is 9.92. The second-order valence-electron chi connectivity index (χ2n) is 2.72. The first-order valence-electron chi connectivity index (χ1n) is 4.13. The molecule has 0 atom stereocenters. The summed E-state index contributed by atoms with van der Waals surface area (Å²) >= 11 is 1.78. The minimum absolute atomic E-state index is 1.05. The van der Waals surface area contributed by atoms with Gasteiger partial charge in [0.2, 0.25) is 0 Å². The monoisotopic (exact) mass is 181 g/mol. The molecular formula is C10H15NS. The highest BCUT2D eigenvalue weighted by atomic mass is 32.2. The molecule has 0 saturated carbocycles. The first-order valence-corrected chi connectivity index (χ1v) is 5.35. The third-order valence-electron chi connectivity index (χ3n) is 1.97. The van der Waals surface area contributed by atoms with E-state index in [-0.39, 0.29) is 0 Å².